The van der Waals surface area contributed by atoms with E-state index in [0.29, 0.717) is 51.8 Å². The molecule has 29 heavy (non-hydrogen) atoms. The first-order valence-corrected chi connectivity index (χ1v) is 10.3. The first-order valence-electron chi connectivity index (χ1n) is 10.3. The predicted molar refractivity (Wildman–Crippen MR) is 110 cm³/mol. The van der Waals surface area contributed by atoms with Crippen LogP contribution in [0.4, 0.5) is 5.95 Å². The van der Waals surface area contributed by atoms with Crippen molar-refractivity contribution >= 4 is 11.9 Å². The third-order valence-electron chi connectivity index (χ3n) is 5.73. The van der Waals surface area contributed by atoms with Gasteiger partial charge in [0, 0.05) is 32.0 Å². The number of ether oxygens (including phenoxy) is 2. The van der Waals surface area contributed by atoms with Crippen LogP contribution in [0.25, 0.3) is 0 Å². The molecule has 2 fully saturated rings. The molecule has 3 heterocycles. The van der Waals surface area contributed by atoms with Gasteiger partial charge in [-0.25, -0.2) is 9.97 Å². The normalized spacial score (nSPS) is 19.0. The molecule has 0 atom stereocenters. The van der Waals surface area contributed by atoms with Crippen molar-refractivity contribution in [1.29, 1.82) is 0 Å². The Morgan fingerprint density at radius 1 is 1.07 bits per heavy atom. The fraction of sp³-hybridized carbons (Fsp3) is 0.500. The summed E-state index contributed by atoms with van der Waals surface area (Å²) in [6.45, 7) is 6.47. The quantitative estimate of drug-likeness (QED) is 0.833. The second-order valence-corrected chi connectivity index (χ2v) is 7.64. The summed E-state index contributed by atoms with van der Waals surface area (Å²) in [6.07, 6.45) is 1.37. The minimum atomic E-state index is -0.547. The van der Waals surface area contributed by atoms with Crippen LogP contribution in [-0.2, 0) is 26.2 Å². The number of hydrogen-bond donors (Lipinski definition) is 1. The topological polar surface area (TPSA) is 76.6 Å². The lowest BCUT2D eigenvalue weighted by Crippen LogP contribution is -2.47. The van der Waals surface area contributed by atoms with Crippen LogP contribution in [0.2, 0.25) is 0 Å². The molecule has 1 N–H and O–H groups in total. The molecular formula is C22H28N4O3. The van der Waals surface area contributed by atoms with Crippen molar-refractivity contribution in [3.05, 3.63) is 53.3 Å². The van der Waals surface area contributed by atoms with Crippen molar-refractivity contribution in [2.75, 3.05) is 44.4 Å². The molecule has 1 amide bonds. The van der Waals surface area contributed by atoms with Crippen molar-refractivity contribution in [3.8, 4) is 0 Å². The second kappa shape index (κ2) is 8.88. The Morgan fingerprint density at radius 2 is 1.76 bits per heavy atom. The lowest BCUT2D eigenvalue weighted by molar-refractivity contribution is -0.130. The van der Waals surface area contributed by atoms with Gasteiger partial charge in [0.2, 0.25) is 11.9 Å². The second-order valence-electron chi connectivity index (χ2n) is 7.64. The van der Waals surface area contributed by atoms with E-state index >= 15 is 0 Å². The van der Waals surface area contributed by atoms with Gasteiger partial charge in [-0.05, 0) is 31.4 Å². The Hall–Kier alpha value is -2.51. The SMILES string of the molecule is Cc1cc(CNC(=O)C2(c3ccccc3)CCOCC2)nc(N2CCOCC2)n1. The van der Waals surface area contributed by atoms with Gasteiger partial charge in [-0.1, -0.05) is 30.3 Å². The maximum Gasteiger partial charge on any atom is 0.231 e. The average molecular weight is 396 g/mol. The average Bonchev–Trinajstić information content (AvgIpc) is 2.79. The highest BCUT2D eigenvalue weighted by Crippen LogP contribution is 2.35. The molecule has 154 valence electrons. The van der Waals surface area contributed by atoms with Crippen molar-refractivity contribution < 1.29 is 14.3 Å². The fourth-order valence-electron chi connectivity index (χ4n) is 4.08. The smallest absolute Gasteiger partial charge is 0.231 e. The minimum absolute atomic E-state index is 0.0381. The van der Waals surface area contributed by atoms with Crippen LogP contribution in [0.5, 0.6) is 0 Å². The summed E-state index contributed by atoms with van der Waals surface area (Å²) < 4.78 is 11.0. The summed E-state index contributed by atoms with van der Waals surface area (Å²) in [4.78, 5) is 24.7. The van der Waals surface area contributed by atoms with Gasteiger partial charge >= 0.3 is 0 Å². The van der Waals surface area contributed by atoms with Gasteiger partial charge in [0.1, 0.15) is 0 Å². The van der Waals surface area contributed by atoms with Crippen molar-refractivity contribution in [2.45, 2.75) is 31.7 Å². The number of hydrogen-bond acceptors (Lipinski definition) is 6. The Bertz CT molecular complexity index is 831. The summed E-state index contributed by atoms with van der Waals surface area (Å²) in [5.41, 5.74) is 2.22. The molecule has 7 nitrogen and oxygen atoms in total. The molecule has 0 bridgehead atoms. The number of rotatable bonds is 5. The number of aryl methyl sites for hydroxylation is 1. The Labute approximate surface area is 171 Å². The van der Waals surface area contributed by atoms with E-state index in [4.69, 9.17) is 9.47 Å². The molecule has 0 aliphatic carbocycles. The number of amides is 1. The highest BCUT2D eigenvalue weighted by atomic mass is 16.5. The van der Waals surface area contributed by atoms with E-state index in [1.807, 2.05) is 43.3 Å². The molecular weight excluding hydrogens is 368 g/mol. The number of morpholine rings is 1. The molecule has 7 heteroatoms. The van der Waals surface area contributed by atoms with E-state index in [0.717, 1.165) is 30.0 Å². The summed E-state index contributed by atoms with van der Waals surface area (Å²) in [6, 6.07) is 12.0. The number of aromatic nitrogens is 2. The van der Waals surface area contributed by atoms with Crippen LogP contribution in [-0.4, -0.2) is 55.4 Å². The number of nitrogens with zero attached hydrogens (tertiary/aromatic N) is 3. The largest absolute Gasteiger partial charge is 0.381 e. The molecule has 1 aromatic heterocycles. The van der Waals surface area contributed by atoms with E-state index in [1.54, 1.807) is 0 Å². The predicted octanol–water partition coefficient (Wildman–Crippen LogP) is 1.99. The Balaban J connectivity index is 1.50. The molecule has 2 aliphatic heterocycles. The number of benzene rings is 1. The molecule has 2 aromatic rings. The third kappa shape index (κ3) is 4.41. The van der Waals surface area contributed by atoms with E-state index in [9.17, 15) is 4.79 Å². The molecule has 0 spiro atoms. The minimum Gasteiger partial charge on any atom is -0.381 e. The zero-order chi connectivity index (χ0) is 20.1. The van der Waals surface area contributed by atoms with Crippen molar-refractivity contribution in [1.82, 2.24) is 15.3 Å². The van der Waals surface area contributed by atoms with Crippen molar-refractivity contribution in [2.24, 2.45) is 0 Å². The number of carbonyl (C=O) groups excluding carboxylic acids is 1. The van der Waals surface area contributed by atoms with E-state index in [2.05, 4.69) is 20.2 Å². The van der Waals surface area contributed by atoms with Gasteiger partial charge in [0.05, 0.1) is 30.9 Å². The maximum atomic E-state index is 13.3. The summed E-state index contributed by atoms with van der Waals surface area (Å²) in [7, 11) is 0. The van der Waals surface area contributed by atoms with Crippen LogP contribution >= 0.6 is 0 Å². The third-order valence-corrected chi connectivity index (χ3v) is 5.73. The van der Waals surface area contributed by atoms with Gasteiger partial charge in [0.15, 0.2) is 0 Å². The van der Waals surface area contributed by atoms with Gasteiger partial charge in [-0.15, -0.1) is 0 Å². The molecule has 0 radical (unpaired) electrons. The molecule has 2 aliphatic rings. The highest BCUT2D eigenvalue weighted by molar-refractivity contribution is 5.88. The molecule has 0 saturated carbocycles. The Morgan fingerprint density at radius 3 is 2.48 bits per heavy atom. The van der Waals surface area contributed by atoms with Gasteiger partial charge in [0.25, 0.3) is 0 Å². The lowest BCUT2D eigenvalue weighted by Gasteiger charge is -2.36. The van der Waals surface area contributed by atoms with Gasteiger partial charge in [-0.2, -0.15) is 0 Å². The summed E-state index contributed by atoms with van der Waals surface area (Å²) in [5.74, 6) is 0.748. The summed E-state index contributed by atoms with van der Waals surface area (Å²) in [5, 5.41) is 3.14. The first-order chi connectivity index (χ1) is 14.2. The molecule has 1 aromatic carbocycles. The summed E-state index contributed by atoms with van der Waals surface area (Å²) >= 11 is 0. The molecule has 0 unspecified atom stereocenters. The number of nitrogens with one attached hydrogen (secondary N) is 1. The monoisotopic (exact) mass is 396 g/mol. The number of anilines is 1. The van der Waals surface area contributed by atoms with Crippen LogP contribution in [0.15, 0.2) is 36.4 Å². The van der Waals surface area contributed by atoms with Crippen LogP contribution < -0.4 is 10.2 Å². The highest BCUT2D eigenvalue weighted by Gasteiger charge is 2.41. The standard InChI is InChI=1S/C22H28N4O3/c1-17-15-19(25-21(24-17)26-9-13-29-14-10-26)16-23-20(27)22(7-11-28-12-8-22)18-5-3-2-4-6-18/h2-6,15H,7-14,16H2,1H3,(H,23,27). The molecule has 4 rings (SSSR count). The van der Waals surface area contributed by atoms with Crippen LogP contribution in [0.3, 0.4) is 0 Å². The Kier molecular flexibility index (Phi) is 6.06. The molecule has 2 saturated heterocycles. The zero-order valence-electron chi connectivity index (χ0n) is 16.9. The van der Waals surface area contributed by atoms with Gasteiger partial charge in [-0.3, -0.25) is 4.79 Å². The van der Waals surface area contributed by atoms with E-state index in [1.165, 1.54) is 0 Å². The maximum absolute atomic E-state index is 13.3. The van der Waals surface area contributed by atoms with Crippen molar-refractivity contribution in [3.63, 3.8) is 0 Å². The van der Waals surface area contributed by atoms with E-state index < -0.39 is 5.41 Å². The lowest BCUT2D eigenvalue weighted by atomic mass is 9.73. The van der Waals surface area contributed by atoms with Crippen LogP contribution in [0, 0.1) is 6.92 Å². The first kappa shape index (κ1) is 19.8. The van der Waals surface area contributed by atoms with Crippen LogP contribution in [0.1, 0.15) is 29.8 Å². The van der Waals surface area contributed by atoms with Gasteiger partial charge < -0.3 is 19.7 Å². The fourth-order valence-corrected chi connectivity index (χ4v) is 4.08. The zero-order valence-corrected chi connectivity index (χ0v) is 16.9. The number of carbonyl (C=O) groups is 1. The van der Waals surface area contributed by atoms with E-state index in [-0.39, 0.29) is 5.91 Å².